The highest BCUT2D eigenvalue weighted by Gasteiger charge is 2.44. The molecule has 4 aromatic rings. The van der Waals surface area contributed by atoms with Crippen molar-refractivity contribution in [1.82, 2.24) is 14.9 Å². The van der Waals surface area contributed by atoms with E-state index in [1.165, 1.54) is 6.42 Å². The van der Waals surface area contributed by atoms with Crippen LogP contribution in [-0.2, 0) is 0 Å². The molecule has 6 nitrogen and oxygen atoms in total. The van der Waals surface area contributed by atoms with Gasteiger partial charge in [-0.3, -0.25) is 9.88 Å². The Hall–Kier alpha value is -3.38. The van der Waals surface area contributed by atoms with Gasteiger partial charge >= 0.3 is 6.08 Å². The van der Waals surface area contributed by atoms with E-state index < -0.39 is 0 Å². The number of methoxy groups -OCH3 is 1. The Morgan fingerprint density at radius 3 is 2.88 bits per heavy atom. The molecule has 0 N–H and O–H groups in total. The summed E-state index contributed by atoms with van der Waals surface area (Å²) in [6.07, 6.45) is 6.29. The van der Waals surface area contributed by atoms with E-state index in [1.807, 2.05) is 48.7 Å². The number of oxazole rings is 1. The van der Waals surface area contributed by atoms with Crippen LogP contribution in [0.5, 0.6) is 11.8 Å². The van der Waals surface area contributed by atoms with Crippen molar-refractivity contribution in [3.63, 3.8) is 0 Å². The molecule has 33 heavy (non-hydrogen) atoms. The lowest BCUT2D eigenvalue weighted by Gasteiger charge is -2.51. The average molecular weight is 442 g/mol. The maximum Gasteiger partial charge on any atom is 0.395 e. The molecule has 6 heteroatoms. The van der Waals surface area contributed by atoms with Gasteiger partial charge in [0.05, 0.1) is 18.7 Å². The van der Waals surface area contributed by atoms with E-state index in [2.05, 4.69) is 33.6 Å². The summed E-state index contributed by atoms with van der Waals surface area (Å²) in [6.45, 7) is 6.16. The number of fused-ring (bicyclic) bond motifs is 5. The van der Waals surface area contributed by atoms with Crippen molar-refractivity contribution in [3.8, 4) is 11.8 Å². The molecule has 2 bridgehead atoms. The highest BCUT2D eigenvalue weighted by atomic mass is 16.6. The predicted molar refractivity (Wildman–Crippen MR) is 127 cm³/mol. The van der Waals surface area contributed by atoms with Gasteiger partial charge in [0.15, 0.2) is 5.58 Å². The third-order valence-corrected chi connectivity index (χ3v) is 7.29. The fraction of sp³-hybridized carbons (Fsp3) is 0.333. The smallest absolute Gasteiger partial charge is 0.395 e. The van der Waals surface area contributed by atoms with Gasteiger partial charge in [-0.25, -0.2) is 0 Å². The van der Waals surface area contributed by atoms with Crippen LogP contribution in [0.2, 0.25) is 0 Å². The second kappa shape index (κ2) is 8.19. The Balaban J connectivity index is 1.45. The van der Waals surface area contributed by atoms with Crippen LogP contribution in [0.4, 0.5) is 0 Å². The Labute approximate surface area is 192 Å². The van der Waals surface area contributed by atoms with E-state index in [9.17, 15) is 0 Å². The number of pyridine rings is 1. The second-order valence-corrected chi connectivity index (χ2v) is 9.02. The number of aromatic nitrogens is 2. The summed E-state index contributed by atoms with van der Waals surface area (Å²) in [5, 5.41) is 1.03. The van der Waals surface area contributed by atoms with Gasteiger partial charge in [0.2, 0.25) is 0 Å². The molecule has 3 aliphatic heterocycles. The summed E-state index contributed by atoms with van der Waals surface area (Å²) in [5.41, 5.74) is 3.52. The summed E-state index contributed by atoms with van der Waals surface area (Å²) in [5.74, 6) is 1.96. The minimum Gasteiger partial charge on any atom is -0.497 e. The van der Waals surface area contributed by atoms with Gasteiger partial charge in [-0.15, -0.1) is 6.58 Å². The van der Waals surface area contributed by atoms with Crippen LogP contribution in [0.25, 0.3) is 22.0 Å². The van der Waals surface area contributed by atoms with Crippen LogP contribution in [0, 0.1) is 11.8 Å². The molecule has 7 rings (SSSR count). The second-order valence-electron chi connectivity index (χ2n) is 9.02. The summed E-state index contributed by atoms with van der Waals surface area (Å²) in [7, 11) is 1.69. The molecule has 3 fully saturated rings. The first-order valence-electron chi connectivity index (χ1n) is 11.5. The fourth-order valence-electron chi connectivity index (χ4n) is 5.57. The molecule has 0 spiro atoms. The Kier molecular flexibility index (Phi) is 5.03. The van der Waals surface area contributed by atoms with Crippen molar-refractivity contribution in [2.45, 2.75) is 25.0 Å². The lowest BCUT2D eigenvalue weighted by Crippen LogP contribution is -2.55. The number of nitrogens with zero attached hydrogens (tertiary/aromatic N) is 3. The Morgan fingerprint density at radius 1 is 1.18 bits per heavy atom. The highest BCUT2D eigenvalue weighted by Crippen LogP contribution is 2.44. The lowest BCUT2D eigenvalue weighted by molar-refractivity contribution is -0.0425. The molecule has 0 aliphatic carbocycles. The molecule has 2 aromatic heterocycles. The lowest BCUT2D eigenvalue weighted by atomic mass is 9.73. The van der Waals surface area contributed by atoms with Crippen molar-refractivity contribution in [3.05, 3.63) is 72.9 Å². The monoisotopic (exact) mass is 441 g/mol. The van der Waals surface area contributed by atoms with Gasteiger partial charge in [-0.1, -0.05) is 18.2 Å². The molecule has 2 aromatic carbocycles. The van der Waals surface area contributed by atoms with Gasteiger partial charge in [-0.05, 0) is 67.6 Å². The van der Waals surface area contributed by atoms with Crippen LogP contribution >= 0.6 is 0 Å². The van der Waals surface area contributed by atoms with E-state index in [-0.39, 0.29) is 12.1 Å². The van der Waals surface area contributed by atoms with E-state index in [0.717, 1.165) is 52.8 Å². The summed E-state index contributed by atoms with van der Waals surface area (Å²) in [4.78, 5) is 11.7. The zero-order valence-corrected chi connectivity index (χ0v) is 18.7. The summed E-state index contributed by atoms with van der Waals surface area (Å²) in [6, 6.07) is 16.0. The van der Waals surface area contributed by atoms with Gasteiger partial charge in [0, 0.05) is 23.7 Å². The molecule has 168 valence electrons. The number of benzene rings is 2. The molecule has 0 radical (unpaired) electrons. The van der Waals surface area contributed by atoms with Crippen molar-refractivity contribution in [2.75, 3.05) is 20.2 Å². The minimum atomic E-state index is -0.246. The van der Waals surface area contributed by atoms with E-state index in [1.54, 1.807) is 7.11 Å². The zero-order valence-electron chi connectivity index (χ0n) is 18.7. The zero-order chi connectivity index (χ0) is 22.4. The normalized spacial score (nSPS) is 25.2. The van der Waals surface area contributed by atoms with Crippen LogP contribution in [0.1, 0.15) is 24.5 Å². The average Bonchev–Trinajstić information content (AvgIpc) is 3.29. The molecule has 3 saturated heterocycles. The largest absolute Gasteiger partial charge is 0.497 e. The van der Waals surface area contributed by atoms with E-state index >= 15 is 0 Å². The van der Waals surface area contributed by atoms with Gasteiger partial charge < -0.3 is 13.9 Å². The van der Waals surface area contributed by atoms with Crippen LogP contribution < -0.4 is 9.47 Å². The van der Waals surface area contributed by atoms with Gasteiger partial charge in [0.25, 0.3) is 0 Å². The van der Waals surface area contributed by atoms with Crippen LogP contribution in [0.3, 0.4) is 0 Å². The van der Waals surface area contributed by atoms with Crippen molar-refractivity contribution >= 4 is 22.0 Å². The quantitative estimate of drug-likeness (QED) is 0.373. The van der Waals surface area contributed by atoms with E-state index in [4.69, 9.17) is 13.9 Å². The molecule has 3 aliphatic rings. The fourth-order valence-corrected chi connectivity index (χ4v) is 5.57. The molecular formula is C27H27N3O3. The predicted octanol–water partition coefficient (Wildman–Crippen LogP) is 5.40. The maximum atomic E-state index is 6.61. The highest BCUT2D eigenvalue weighted by molar-refractivity contribution is 5.84. The molecule has 0 amide bonds. The third kappa shape index (κ3) is 3.55. The summed E-state index contributed by atoms with van der Waals surface area (Å²) >= 11 is 0. The topological polar surface area (TPSA) is 60.6 Å². The van der Waals surface area contributed by atoms with E-state index in [0.29, 0.717) is 17.9 Å². The molecule has 0 saturated carbocycles. The first kappa shape index (κ1) is 20.2. The Bertz CT molecular complexity index is 1280. The maximum absolute atomic E-state index is 6.61. The number of para-hydroxylation sites is 2. The number of hydrogen-bond acceptors (Lipinski definition) is 6. The van der Waals surface area contributed by atoms with Crippen molar-refractivity contribution < 1.29 is 13.9 Å². The minimum absolute atomic E-state index is 0.215. The molecule has 1 unspecified atom stereocenters. The number of ether oxygens (including phenoxy) is 2. The standard InChI is InChI=1S/C27H27N3O3/c1-3-17-16-30-13-11-18(17)14-24(30)26(33-27-29-23-6-4-5-7-25(23)32-27)20-10-12-28-22-9-8-19(31-2)15-21(20)22/h3-10,12,15,17-18,24,26H,1,11,13-14,16H2,2H3/t17-,18-,24-,26+/m0/s1. The Morgan fingerprint density at radius 2 is 2.09 bits per heavy atom. The van der Waals surface area contributed by atoms with Gasteiger partial charge in [-0.2, -0.15) is 4.98 Å². The molecule has 5 atom stereocenters. The van der Waals surface area contributed by atoms with Crippen LogP contribution in [0.15, 0.2) is 71.8 Å². The SMILES string of the molecule is C=C[C@H]1CN2CC[C@H]1C[C@H]2[C@H](Oc1nc2ccccc2o1)c1ccnc2ccc(OC)cc12. The van der Waals surface area contributed by atoms with Crippen LogP contribution in [-0.4, -0.2) is 41.1 Å². The number of hydrogen-bond donors (Lipinski definition) is 0. The summed E-state index contributed by atoms with van der Waals surface area (Å²) < 4.78 is 18.1. The van der Waals surface area contributed by atoms with Crippen molar-refractivity contribution in [2.24, 2.45) is 11.8 Å². The molecular weight excluding hydrogens is 414 g/mol. The third-order valence-electron chi connectivity index (χ3n) is 7.29. The first-order chi connectivity index (χ1) is 16.2. The van der Waals surface area contributed by atoms with Crippen molar-refractivity contribution in [1.29, 1.82) is 0 Å². The number of piperidine rings is 3. The first-order valence-corrected chi connectivity index (χ1v) is 11.5. The molecule has 5 heterocycles. The number of rotatable bonds is 6. The van der Waals surface area contributed by atoms with Gasteiger partial charge in [0.1, 0.15) is 17.4 Å².